The largest absolute Gasteiger partial charge is 0.295 e. The van der Waals surface area contributed by atoms with Crippen LogP contribution in [0.5, 0.6) is 0 Å². The highest BCUT2D eigenvalue weighted by Gasteiger charge is 2.41. The zero-order valence-corrected chi connectivity index (χ0v) is 12.3. The lowest BCUT2D eigenvalue weighted by Gasteiger charge is -2.30. The summed E-state index contributed by atoms with van der Waals surface area (Å²) in [4.78, 5) is 38.1. The van der Waals surface area contributed by atoms with Crippen LogP contribution in [0.2, 0.25) is 0 Å². The predicted molar refractivity (Wildman–Crippen MR) is 87.0 cm³/mol. The monoisotopic (exact) mass is 306 g/mol. The minimum atomic E-state index is -0.657. The molecule has 114 valence electrons. The van der Waals surface area contributed by atoms with Gasteiger partial charge in [-0.3, -0.25) is 24.6 Å². The number of imide groups is 1. The average Bonchev–Trinajstić information content (AvgIpc) is 2.83. The van der Waals surface area contributed by atoms with Crippen molar-refractivity contribution in [1.82, 2.24) is 5.32 Å². The molecule has 0 radical (unpaired) electrons. The van der Waals surface area contributed by atoms with Gasteiger partial charge in [0.05, 0.1) is 11.3 Å². The Morgan fingerprint density at radius 1 is 1.17 bits per heavy atom. The van der Waals surface area contributed by atoms with Crippen molar-refractivity contribution in [1.29, 1.82) is 0 Å². The van der Waals surface area contributed by atoms with Gasteiger partial charge in [-0.2, -0.15) is 0 Å². The molecule has 1 fully saturated rings. The van der Waals surface area contributed by atoms with Crippen molar-refractivity contribution in [2.75, 3.05) is 4.90 Å². The first-order valence-corrected chi connectivity index (χ1v) is 7.47. The molecule has 0 spiro atoms. The number of carbonyl (C=O) groups excluding carboxylic acids is 3. The Balaban J connectivity index is 1.91. The summed E-state index contributed by atoms with van der Waals surface area (Å²) >= 11 is 0. The van der Waals surface area contributed by atoms with Crippen LogP contribution in [-0.2, 0) is 9.59 Å². The van der Waals surface area contributed by atoms with E-state index < -0.39 is 11.9 Å². The molecule has 23 heavy (non-hydrogen) atoms. The van der Waals surface area contributed by atoms with Crippen LogP contribution in [0.25, 0.3) is 16.8 Å². The SMILES string of the molecule is C=Cc1ccc2cccc3c2c1C(=O)N3C1CCC(=O)NC1=O. The van der Waals surface area contributed by atoms with Crippen LogP contribution in [0.15, 0.2) is 36.9 Å². The molecule has 1 saturated heterocycles. The molecule has 5 nitrogen and oxygen atoms in total. The fraction of sp³-hybridized carbons (Fsp3) is 0.167. The normalized spacial score (nSPS) is 20.1. The minimum absolute atomic E-state index is 0.207. The first kappa shape index (κ1) is 13.7. The number of hydrogen-bond donors (Lipinski definition) is 1. The van der Waals surface area contributed by atoms with Gasteiger partial charge in [0.15, 0.2) is 0 Å². The summed E-state index contributed by atoms with van der Waals surface area (Å²) < 4.78 is 0. The van der Waals surface area contributed by atoms with Crippen LogP contribution in [0.1, 0.15) is 28.8 Å². The number of hydrogen-bond acceptors (Lipinski definition) is 3. The third-order valence-corrected chi connectivity index (χ3v) is 4.49. The molecule has 0 saturated carbocycles. The van der Waals surface area contributed by atoms with Crippen molar-refractivity contribution in [3.05, 3.63) is 48.0 Å². The summed E-state index contributed by atoms with van der Waals surface area (Å²) in [5.41, 5.74) is 2.06. The summed E-state index contributed by atoms with van der Waals surface area (Å²) in [6.07, 6.45) is 2.22. The predicted octanol–water partition coefficient (Wildman–Crippen LogP) is 2.25. The zero-order valence-electron chi connectivity index (χ0n) is 12.3. The maximum Gasteiger partial charge on any atom is 0.260 e. The van der Waals surface area contributed by atoms with Crippen LogP contribution in [-0.4, -0.2) is 23.8 Å². The second-order valence-electron chi connectivity index (χ2n) is 5.75. The van der Waals surface area contributed by atoms with Gasteiger partial charge in [-0.25, -0.2) is 0 Å². The van der Waals surface area contributed by atoms with E-state index >= 15 is 0 Å². The van der Waals surface area contributed by atoms with Gasteiger partial charge in [0.1, 0.15) is 6.04 Å². The average molecular weight is 306 g/mol. The third-order valence-electron chi connectivity index (χ3n) is 4.49. The first-order valence-electron chi connectivity index (χ1n) is 7.47. The zero-order chi connectivity index (χ0) is 16.1. The highest BCUT2D eigenvalue weighted by molar-refractivity contribution is 6.28. The van der Waals surface area contributed by atoms with Gasteiger partial charge in [-0.1, -0.05) is 36.9 Å². The summed E-state index contributed by atoms with van der Waals surface area (Å²) in [6, 6.07) is 8.80. The highest BCUT2D eigenvalue weighted by atomic mass is 16.2. The molecule has 1 unspecified atom stereocenters. The molecule has 5 heteroatoms. The minimum Gasteiger partial charge on any atom is -0.295 e. The number of benzene rings is 2. The van der Waals surface area contributed by atoms with Gasteiger partial charge < -0.3 is 0 Å². The molecular weight excluding hydrogens is 292 g/mol. The fourth-order valence-electron chi connectivity index (χ4n) is 3.45. The number of nitrogens with one attached hydrogen (secondary N) is 1. The molecule has 0 aliphatic carbocycles. The Morgan fingerprint density at radius 2 is 2.00 bits per heavy atom. The Kier molecular flexibility index (Phi) is 2.84. The maximum atomic E-state index is 13.0. The molecular formula is C18H14N2O3. The lowest BCUT2D eigenvalue weighted by Crippen LogP contribution is -2.53. The van der Waals surface area contributed by atoms with Gasteiger partial charge in [-0.15, -0.1) is 0 Å². The van der Waals surface area contributed by atoms with E-state index in [1.54, 1.807) is 6.08 Å². The lowest BCUT2D eigenvalue weighted by atomic mass is 10.00. The summed E-state index contributed by atoms with van der Waals surface area (Å²) in [5, 5.41) is 4.12. The molecule has 1 N–H and O–H groups in total. The van der Waals surface area contributed by atoms with Crippen molar-refractivity contribution in [3.8, 4) is 0 Å². The van der Waals surface area contributed by atoms with Crippen LogP contribution in [0.3, 0.4) is 0 Å². The van der Waals surface area contributed by atoms with Crippen molar-refractivity contribution >= 4 is 40.3 Å². The second kappa shape index (κ2) is 4.78. The molecule has 2 heterocycles. The van der Waals surface area contributed by atoms with Crippen LogP contribution in [0, 0.1) is 0 Å². The fourth-order valence-corrected chi connectivity index (χ4v) is 3.45. The number of rotatable bonds is 2. The third kappa shape index (κ3) is 1.83. The number of carbonyl (C=O) groups is 3. The van der Waals surface area contributed by atoms with E-state index in [4.69, 9.17) is 0 Å². The van der Waals surface area contributed by atoms with Crippen molar-refractivity contribution in [3.63, 3.8) is 0 Å². The maximum absolute atomic E-state index is 13.0. The molecule has 1 atom stereocenters. The van der Waals surface area contributed by atoms with E-state index in [-0.39, 0.29) is 18.2 Å². The van der Waals surface area contributed by atoms with Crippen LogP contribution >= 0.6 is 0 Å². The quantitative estimate of drug-likeness (QED) is 0.865. The van der Waals surface area contributed by atoms with E-state index in [1.807, 2.05) is 30.3 Å². The summed E-state index contributed by atoms with van der Waals surface area (Å²) in [7, 11) is 0. The van der Waals surface area contributed by atoms with Crippen LogP contribution < -0.4 is 10.2 Å². The van der Waals surface area contributed by atoms with Crippen molar-refractivity contribution < 1.29 is 14.4 Å². The highest BCUT2D eigenvalue weighted by Crippen LogP contribution is 2.41. The van der Waals surface area contributed by atoms with E-state index in [0.717, 1.165) is 22.0 Å². The number of nitrogens with zero attached hydrogens (tertiary/aromatic N) is 1. The topological polar surface area (TPSA) is 66.5 Å². The van der Waals surface area contributed by atoms with E-state index in [0.29, 0.717) is 12.0 Å². The molecule has 0 bridgehead atoms. The van der Waals surface area contributed by atoms with Gasteiger partial charge >= 0.3 is 0 Å². The van der Waals surface area contributed by atoms with Gasteiger partial charge in [0.2, 0.25) is 11.8 Å². The molecule has 0 aromatic heterocycles. The summed E-state index contributed by atoms with van der Waals surface area (Å²) in [5.74, 6) is -0.916. The van der Waals surface area contributed by atoms with Gasteiger partial charge in [0.25, 0.3) is 5.91 Å². The Labute approximate surface area is 132 Å². The number of anilines is 1. The Morgan fingerprint density at radius 3 is 2.74 bits per heavy atom. The second-order valence-corrected chi connectivity index (χ2v) is 5.75. The molecule has 2 aliphatic rings. The van der Waals surface area contributed by atoms with Crippen LogP contribution in [0.4, 0.5) is 5.69 Å². The summed E-state index contributed by atoms with van der Waals surface area (Å²) in [6.45, 7) is 3.77. The smallest absolute Gasteiger partial charge is 0.260 e. The Bertz CT molecular complexity index is 901. The number of piperidine rings is 1. The van der Waals surface area contributed by atoms with Crippen molar-refractivity contribution in [2.45, 2.75) is 18.9 Å². The lowest BCUT2D eigenvalue weighted by molar-refractivity contribution is -0.134. The Hall–Kier alpha value is -2.95. The molecule has 2 aromatic carbocycles. The van der Waals surface area contributed by atoms with Gasteiger partial charge in [-0.05, 0) is 23.4 Å². The molecule has 2 aromatic rings. The standard InChI is InChI=1S/C18H14N2O3/c1-2-10-6-7-11-4-3-5-12-15(11)16(10)18(23)20(12)13-8-9-14(21)19-17(13)22/h2-7,13H,1,8-9H2,(H,19,21,22). The molecule has 4 rings (SSSR count). The van der Waals surface area contributed by atoms with E-state index in [1.165, 1.54) is 4.90 Å². The number of amides is 3. The van der Waals surface area contributed by atoms with E-state index in [2.05, 4.69) is 11.9 Å². The van der Waals surface area contributed by atoms with E-state index in [9.17, 15) is 14.4 Å². The van der Waals surface area contributed by atoms with Gasteiger partial charge in [0, 0.05) is 11.8 Å². The first-order chi connectivity index (χ1) is 11.1. The molecule has 2 aliphatic heterocycles. The van der Waals surface area contributed by atoms with Crippen molar-refractivity contribution in [2.24, 2.45) is 0 Å². The molecule has 3 amide bonds.